The Bertz CT molecular complexity index is 1030. The molecule has 0 unspecified atom stereocenters. The average Bonchev–Trinajstić information content (AvgIpc) is 3.10. The van der Waals surface area contributed by atoms with E-state index < -0.39 is 0 Å². The van der Waals surface area contributed by atoms with Crippen molar-refractivity contribution < 1.29 is 13.7 Å². The van der Waals surface area contributed by atoms with Gasteiger partial charge < -0.3 is 14.3 Å². The number of carbonyl (C=O) groups excluding carboxylic acids is 1. The number of halogens is 1. The van der Waals surface area contributed by atoms with Crippen molar-refractivity contribution in [1.82, 2.24) is 15.0 Å². The molecule has 4 rings (SSSR count). The molecule has 0 N–H and O–H groups in total. The summed E-state index contributed by atoms with van der Waals surface area (Å²) in [5, 5.41) is 4.68. The highest BCUT2D eigenvalue weighted by molar-refractivity contribution is 7.98. The largest absolute Gasteiger partial charge is 0.366 e. The van der Waals surface area contributed by atoms with Gasteiger partial charge in [-0.3, -0.25) is 4.79 Å². The Morgan fingerprint density at radius 3 is 2.60 bits per heavy atom. The Morgan fingerprint density at radius 1 is 1.13 bits per heavy atom. The number of aryl methyl sites for hydroxylation is 2. The van der Waals surface area contributed by atoms with Crippen molar-refractivity contribution in [3.63, 3.8) is 0 Å². The van der Waals surface area contributed by atoms with Gasteiger partial charge in [-0.05, 0) is 38.1 Å². The second-order valence-corrected chi connectivity index (χ2v) is 8.14. The number of benzene rings is 1. The number of rotatable bonds is 5. The molecule has 0 atom stereocenters. The molecule has 2 aromatic heterocycles. The number of hydrogen-bond acceptors (Lipinski definition) is 6. The molecule has 1 saturated heterocycles. The van der Waals surface area contributed by atoms with E-state index in [1.54, 1.807) is 24.4 Å². The number of hydrogen-bond donors (Lipinski definition) is 0. The van der Waals surface area contributed by atoms with Crippen LogP contribution < -0.4 is 4.90 Å². The third-order valence-corrected chi connectivity index (χ3v) is 6.33. The van der Waals surface area contributed by atoms with E-state index in [0.717, 1.165) is 17.0 Å². The Labute approximate surface area is 179 Å². The number of pyridine rings is 1. The molecule has 1 amide bonds. The van der Waals surface area contributed by atoms with E-state index in [1.807, 2.05) is 35.8 Å². The molecule has 1 aliphatic rings. The highest BCUT2D eigenvalue weighted by Crippen LogP contribution is 2.28. The summed E-state index contributed by atoms with van der Waals surface area (Å²) in [5.41, 5.74) is 3.06. The van der Waals surface area contributed by atoms with Crippen LogP contribution in [-0.2, 0) is 5.75 Å². The summed E-state index contributed by atoms with van der Waals surface area (Å²) in [7, 11) is 0. The highest BCUT2D eigenvalue weighted by Gasteiger charge is 2.25. The Balaban J connectivity index is 1.44. The van der Waals surface area contributed by atoms with E-state index in [9.17, 15) is 9.18 Å². The SMILES string of the molecule is Cc1noc(C)c1CSc1ncccc1C(=O)N1CCN(c2ccccc2F)CC1. The normalized spacial score (nSPS) is 14.2. The van der Waals surface area contributed by atoms with Crippen molar-refractivity contribution in [2.75, 3.05) is 31.1 Å². The Hall–Kier alpha value is -2.87. The summed E-state index contributed by atoms with van der Waals surface area (Å²) in [4.78, 5) is 21.4. The zero-order valence-electron chi connectivity index (χ0n) is 17.0. The molecule has 3 aromatic rings. The number of carbonyl (C=O) groups is 1. The van der Waals surface area contributed by atoms with E-state index in [0.29, 0.717) is 48.2 Å². The number of thioether (sulfide) groups is 1. The summed E-state index contributed by atoms with van der Waals surface area (Å²) in [5.74, 6) is 1.15. The molecule has 156 valence electrons. The standard InChI is InChI=1S/C22H23FN4O2S/c1-15-18(16(2)29-25-15)14-30-21-17(6-5-9-24-21)22(28)27-12-10-26(11-13-27)20-8-4-3-7-19(20)23/h3-9H,10-14H2,1-2H3. The van der Waals surface area contributed by atoms with Gasteiger partial charge in [-0.15, -0.1) is 11.8 Å². The molecule has 6 nitrogen and oxygen atoms in total. The molecule has 0 bridgehead atoms. The van der Waals surface area contributed by atoms with Crippen molar-refractivity contribution >= 4 is 23.4 Å². The van der Waals surface area contributed by atoms with Crippen LogP contribution in [0.5, 0.6) is 0 Å². The lowest BCUT2D eigenvalue weighted by molar-refractivity contribution is 0.0742. The predicted octanol–water partition coefficient (Wildman–Crippen LogP) is 4.08. The average molecular weight is 427 g/mol. The first-order valence-corrected chi connectivity index (χ1v) is 10.8. The minimum absolute atomic E-state index is 0.0439. The summed E-state index contributed by atoms with van der Waals surface area (Å²) in [6.45, 7) is 6.05. The maximum absolute atomic E-state index is 14.1. The van der Waals surface area contributed by atoms with Gasteiger partial charge in [0.15, 0.2) is 0 Å². The maximum atomic E-state index is 14.1. The maximum Gasteiger partial charge on any atom is 0.256 e. The Morgan fingerprint density at radius 2 is 1.90 bits per heavy atom. The van der Waals surface area contributed by atoms with Crippen LogP contribution in [0.1, 0.15) is 27.4 Å². The monoisotopic (exact) mass is 426 g/mol. The zero-order chi connectivity index (χ0) is 21.1. The van der Waals surface area contributed by atoms with Gasteiger partial charge in [-0.2, -0.15) is 0 Å². The molecule has 30 heavy (non-hydrogen) atoms. The van der Waals surface area contributed by atoms with Crippen LogP contribution in [0.2, 0.25) is 0 Å². The second-order valence-electron chi connectivity index (χ2n) is 7.18. The molecule has 1 aromatic carbocycles. The van der Waals surface area contributed by atoms with Crippen molar-refractivity contribution in [2.45, 2.75) is 24.6 Å². The molecule has 0 spiro atoms. The third-order valence-electron chi connectivity index (χ3n) is 5.30. The minimum Gasteiger partial charge on any atom is -0.366 e. The van der Waals surface area contributed by atoms with Crippen LogP contribution in [0, 0.1) is 19.7 Å². The topological polar surface area (TPSA) is 62.5 Å². The van der Waals surface area contributed by atoms with E-state index in [4.69, 9.17) is 4.52 Å². The number of nitrogens with zero attached hydrogens (tertiary/aromatic N) is 4. The van der Waals surface area contributed by atoms with E-state index in [1.165, 1.54) is 17.8 Å². The lowest BCUT2D eigenvalue weighted by atomic mass is 10.2. The van der Waals surface area contributed by atoms with Crippen molar-refractivity contribution in [1.29, 1.82) is 0 Å². The first-order chi connectivity index (χ1) is 14.5. The number of piperazine rings is 1. The van der Waals surface area contributed by atoms with Gasteiger partial charge in [0, 0.05) is 43.7 Å². The van der Waals surface area contributed by atoms with Crippen LogP contribution in [0.4, 0.5) is 10.1 Å². The number of amides is 1. The summed E-state index contributed by atoms with van der Waals surface area (Å²) < 4.78 is 19.3. The van der Waals surface area contributed by atoms with Gasteiger partial charge in [-0.25, -0.2) is 9.37 Å². The van der Waals surface area contributed by atoms with E-state index >= 15 is 0 Å². The van der Waals surface area contributed by atoms with Crippen LogP contribution in [0.3, 0.4) is 0 Å². The molecule has 1 fully saturated rings. The highest BCUT2D eigenvalue weighted by atomic mass is 32.2. The Kier molecular flexibility index (Phi) is 6.03. The molecular formula is C22H23FN4O2S. The fraction of sp³-hybridized carbons (Fsp3) is 0.318. The van der Waals surface area contributed by atoms with Crippen LogP contribution in [0.25, 0.3) is 0 Å². The summed E-state index contributed by atoms with van der Waals surface area (Å²) >= 11 is 1.51. The second kappa shape index (κ2) is 8.87. The van der Waals surface area contributed by atoms with Crippen molar-refractivity contribution in [3.05, 3.63) is 71.0 Å². The van der Waals surface area contributed by atoms with Crippen molar-refractivity contribution in [3.8, 4) is 0 Å². The summed E-state index contributed by atoms with van der Waals surface area (Å²) in [6, 6.07) is 10.3. The van der Waals surface area contributed by atoms with Gasteiger partial charge in [-0.1, -0.05) is 17.3 Å². The molecule has 1 aliphatic heterocycles. The fourth-order valence-electron chi connectivity index (χ4n) is 3.55. The first kappa shape index (κ1) is 20.4. The van der Waals surface area contributed by atoms with Crippen LogP contribution in [-0.4, -0.2) is 47.1 Å². The van der Waals surface area contributed by atoms with Gasteiger partial charge in [0.2, 0.25) is 0 Å². The molecule has 0 aliphatic carbocycles. The van der Waals surface area contributed by atoms with Gasteiger partial charge >= 0.3 is 0 Å². The van der Waals surface area contributed by atoms with E-state index in [2.05, 4.69) is 10.1 Å². The van der Waals surface area contributed by atoms with Gasteiger partial charge in [0.05, 0.1) is 16.9 Å². The first-order valence-electron chi connectivity index (χ1n) is 9.83. The van der Waals surface area contributed by atoms with Crippen molar-refractivity contribution in [2.24, 2.45) is 0 Å². The van der Waals surface area contributed by atoms with E-state index in [-0.39, 0.29) is 11.7 Å². The smallest absolute Gasteiger partial charge is 0.256 e. The minimum atomic E-state index is -0.234. The van der Waals surface area contributed by atoms with Gasteiger partial charge in [0.25, 0.3) is 5.91 Å². The third kappa shape index (κ3) is 4.18. The lowest BCUT2D eigenvalue weighted by Gasteiger charge is -2.36. The number of para-hydroxylation sites is 1. The molecule has 3 heterocycles. The van der Waals surface area contributed by atoms with Crippen LogP contribution in [0.15, 0.2) is 52.1 Å². The van der Waals surface area contributed by atoms with Gasteiger partial charge in [0.1, 0.15) is 16.6 Å². The lowest BCUT2D eigenvalue weighted by Crippen LogP contribution is -2.49. The van der Waals surface area contributed by atoms with Crippen LogP contribution >= 0.6 is 11.8 Å². The molecule has 0 radical (unpaired) electrons. The quantitative estimate of drug-likeness (QED) is 0.573. The molecule has 8 heteroatoms. The predicted molar refractivity (Wildman–Crippen MR) is 114 cm³/mol. The number of aromatic nitrogens is 2. The fourth-order valence-corrected chi connectivity index (χ4v) is 4.69. The molecule has 0 saturated carbocycles. The molecular weight excluding hydrogens is 403 g/mol. The number of anilines is 1. The zero-order valence-corrected chi connectivity index (χ0v) is 17.8. The summed E-state index contributed by atoms with van der Waals surface area (Å²) in [6.07, 6.45) is 1.70.